The zero-order chi connectivity index (χ0) is 15.1. The maximum absolute atomic E-state index is 12.3. The van der Waals surface area contributed by atoms with Crippen molar-refractivity contribution in [3.63, 3.8) is 0 Å². The van der Waals surface area contributed by atoms with Crippen LogP contribution in [0.2, 0.25) is 5.02 Å². The van der Waals surface area contributed by atoms with Gasteiger partial charge in [0.05, 0.1) is 17.7 Å². The van der Waals surface area contributed by atoms with Gasteiger partial charge in [-0.25, -0.2) is 0 Å². The summed E-state index contributed by atoms with van der Waals surface area (Å²) < 4.78 is 0. The molecule has 1 amide bonds. The number of hydrogen-bond acceptors (Lipinski definition) is 3. The molecule has 0 saturated carbocycles. The van der Waals surface area contributed by atoms with E-state index in [1.54, 1.807) is 30.3 Å². The first-order valence-electron chi connectivity index (χ1n) is 6.31. The second-order valence-electron chi connectivity index (χ2n) is 4.16. The van der Waals surface area contributed by atoms with E-state index >= 15 is 0 Å². The lowest BCUT2D eigenvalue weighted by molar-refractivity contribution is 0.102. The zero-order valence-corrected chi connectivity index (χ0v) is 11.9. The van der Waals surface area contributed by atoms with E-state index in [2.05, 4.69) is 22.1 Å². The number of nitrogens with one attached hydrogen (secondary N) is 1. The SMILES string of the molecule is O=C(Nc1cccc(Cl)c1)c1ccncc1C#CCCO. The maximum atomic E-state index is 12.3. The number of halogens is 1. The van der Waals surface area contributed by atoms with E-state index in [9.17, 15) is 4.79 Å². The largest absolute Gasteiger partial charge is 0.395 e. The van der Waals surface area contributed by atoms with Crippen LogP contribution in [0.4, 0.5) is 5.69 Å². The fourth-order valence-corrected chi connectivity index (χ4v) is 1.86. The van der Waals surface area contributed by atoms with Crippen LogP contribution in [0.25, 0.3) is 0 Å². The second kappa shape index (κ2) is 7.44. The molecule has 1 aromatic carbocycles. The Morgan fingerprint density at radius 2 is 2.24 bits per heavy atom. The third-order valence-electron chi connectivity index (χ3n) is 2.61. The first-order chi connectivity index (χ1) is 10.2. The van der Waals surface area contributed by atoms with Crippen molar-refractivity contribution >= 4 is 23.2 Å². The van der Waals surface area contributed by atoms with Crippen molar-refractivity contribution in [3.05, 3.63) is 58.9 Å². The lowest BCUT2D eigenvalue weighted by atomic mass is 10.1. The van der Waals surface area contributed by atoms with Crippen molar-refractivity contribution in [2.75, 3.05) is 11.9 Å². The van der Waals surface area contributed by atoms with Crippen LogP contribution >= 0.6 is 11.6 Å². The summed E-state index contributed by atoms with van der Waals surface area (Å²) in [5, 5.41) is 12.0. The minimum absolute atomic E-state index is 0.0166. The molecule has 21 heavy (non-hydrogen) atoms. The molecule has 2 aromatic rings. The number of benzene rings is 1. The van der Waals surface area contributed by atoms with Crippen LogP contribution in [0.15, 0.2) is 42.7 Å². The number of amides is 1. The van der Waals surface area contributed by atoms with E-state index in [1.165, 1.54) is 12.4 Å². The Hall–Kier alpha value is -2.35. The molecule has 0 unspecified atom stereocenters. The monoisotopic (exact) mass is 300 g/mol. The van der Waals surface area contributed by atoms with Crippen LogP contribution < -0.4 is 5.32 Å². The van der Waals surface area contributed by atoms with Gasteiger partial charge < -0.3 is 10.4 Å². The molecule has 4 nitrogen and oxygen atoms in total. The Labute approximate surface area is 127 Å². The van der Waals surface area contributed by atoms with Gasteiger partial charge in [-0.05, 0) is 24.3 Å². The summed E-state index contributed by atoms with van der Waals surface area (Å²) >= 11 is 5.88. The summed E-state index contributed by atoms with van der Waals surface area (Å²) in [4.78, 5) is 16.2. The van der Waals surface area contributed by atoms with Gasteiger partial charge in [0.1, 0.15) is 0 Å². The first kappa shape index (κ1) is 15.0. The highest BCUT2D eigenvalue weighted by molar-refractivity contribution is 6.31. The molecule has 0 aliphatic heterocycles. The van der Waals surface area contributed by atoms with E-state index < -0.39 is 0 Å². The van der Waals surface area contributed by atoms with Gasteiger partial charge >= 0.3 is 0 Å². The van der Waals surface area contributed by atoms with Crippen molar-refractivity contribution in [1.82, 2.24) is 4.98 Å². The van der Waals surface area contributed by atoms with E-state index in [0.29, 0.717) is 28.3 Å². The number of nitrogens with zero attached hydrogens (tertiary/aromatic N) is 1. The molecule has 1 heterocycles. The lowest BCUT2D eigenvalue weighted by Gasteiger charge is -2.07. The fraction of sp³-hybridized carbons (Fsp3) is 0.125. The molecule has 0 aliphatic carbocycles. The van der Waals surface area contributed by atoms with Gasteiger partial charge in [0.2, 0.25) is 0 Å². The maximum Gasteiger partial charge on any atom is 0.257 e. The summed E-state index contributed by atoms with van der Waals surface area (Å²) in [6.45, 7) is -0.0166. The van der Waals surface area contributed by atoms with Gasteiger partial charge in [0.25, 0.3) is 5.91 Å². The van der Waals surface area contributed by atoms with Crippen LogP contribution in [0.5, 0.6) is 0 Å². The number of rotatable bonds is 3. The molecule has 0 atom stereocenters. The second-order valence-corrected chi connectivity index (χ2v) is 4.60. The minimum atomic E-state index is -0.284. The Balaban J connectivity index is 2.22. The van der Waals surface area contributed by atoms with Crippen LogP contribution in [-0.4, -0.2) is 22.6 Å². The predicted molar refractivity (Wildman–Crippen MR) is 82.2 cm³/mol. The van der Waals surface area contributed by atoms with Crippen molar-refractivity contribution < 1.29 is 9.90 Å². The number of aliphatic hydroxyl groups excluding tert-OH is 1. The highest BCUT2D eigenvalue weighted by Crippen LogP contribution is 2.16. The normalized spacial score (nSPS) is 9.62. The summed E-state index contributed by atoms with van der Waals surface area (Å²) in [5.41, 5.74) is 1.56. The molecule has 2 N–H and O–H groups in total. The number of anilines is 1. The molecule has 0 aliphatic rings. The quantitative estimate of drug-likeness (QED) is 0.857. The van der Waals surface area contributed by atoms with E-state index in [0.717, 1.165) is 0 Å². The first-order valence-corrected chi connectivity index (χ1v) is 6.69. The summed E-state index contributed by atoms with van der Waals surface area (Å²) in [7, 11) is 0. The predicted octanol–water partition coefficient (Wildman–Crippen LogP) is 2.72. The van der Waals surface area contributed by atoms with Crippen LogP contribution in [0.3, 0.4) is 0 Å². The number of pyridine rings is 1. The summed E-state index contributed by atoms with van der Waals surface area (Å²) in [6, 6.07) is 8.50. The smallest absolute Gasteiger partial charge is 0.257 e. The van der Waals surface area contributed by atoms with E-state index in [4.69, 9.17) is 16.7 Å². The Kier molecular flexibility index (Phi) is 5.33. The summed E-state index contributed by atoms with van der Waals surface area (Å²) in [5.74, 6) is 5.33. The van der Waals surface area contributed by atoms with Crippen LogP contribution in [-0.2, 0) is 0 Å². The molecular weight excluding hydrogens is 288 g/mol. The Bertz CT molecular complexity index is 705. The molecule has 0 spiro atoms. The lowest BCUT2D eigenvalue weighted by Crippen LogP contribution is -2.13. The van der Waals surface area contributed by atoms with Crippen molar-refractivity contribution in [3.8, 4) is 11.8 Å². The number of aliphatic hydroxyl groups is 1. The number of carbonyl (C=O) groups is 1. The summed E-state index contributed by atoms with van der Waals surface area (Å²) in [6.07, 6.45) is 3.41. The number of hydrogen-bond donors (Lipinski definition) is 2. The molecule has 106 valence electrons. The molecule has 2 rings (SSSR count). The fourth-order valence-electron chi connectivity index (χ4n) is 1.67. The standard InChI is InChI=1S/C16H13ClN2O2/c17-13-5-3-6-14(10-13)19-16(21)15-7-8-18-11-12(15)4-1-2-9-20/h3,5-8,10-11,20H,2,9H2,(H,19,21). The molecule has 1 aromatic heterocycles. The number of aromatic nitrogens is 1. The Morgan fingerprint density at radius 3 is 3.00 bits per heavy atom. The van der Waals surface area contributed by atoms with Crippen molar-refractivity contribution in [2.45, 2.75) is 6.42 Å². The highest BCUT2D eigenvalue weighted by Gasteiger charge is 2.10. The zero-order valence-electron chi connectivity index (χ0n) is 11.1. The van der Waals surface area contributed by atoms with Crippen molar-refractivity contribution in [2.24, 2.45) is 0 Å². The molecule has 0 radical (unpaired) electrons. The Morgan fingerprint density at radius 1 is 1.38 bits per heavy atom. The third-order valence-corrected chi connectivity index (χ3v) is 2.84. The molecule has 0 saturated heterocycles. The van der Waals surface area contributed by atoms with Crippen molar-refractivity contribution in [1.29, 1.82) is 0 Å². The van der Waals surface area contributed by atoms with Crippen LogP contribution in [0.1, 0.15) is 22.3 Å². The average molecular weight is 301 g/mol. The molecule has 0 fully saturated rings. The van der Waals surface area contributed by atoms with E-state index in [-0.39, 0.29) is 12.5 Å². The van der Waals surface area contributed by atoms with Gasteiger partial charge in [-0.2, -0.15) is 0 Å². The van der Waals surface area contributed by atoms with Gasteiger partial charge in [-0.3, -0.25) is 9.78 Å². The molecule has 5 heteroatoms. The van der Waals surface area contributed by atoms with Gasteiger partial charge in [-0.1, -0.05) is 29.5 Å². The van der Waals surface area contributed by atoms with Gasteiger partial charge in [-0.15, -0.1) is 0 Å². The van der Waals surface area contributed by atoms with Gasteiger partial charge in [0, 0.05) is 29.5 Å². The van der Waals surface area contributed by atoms with Gasteiger partial charge in [0.15, 0.2) is 0 Å². The topological polar surface area (TPSA) is 62.2 Å². The highest BCUT2D eigenvalue weighted by atomic mass is 35.5. The van der Waals surface area contributed by atoms with E-state index in [1.807, 2.05) is 0 Å². The third kappa shape index (κ3) is 4.32. The average Bonchev–Trinajstić information content (AvgIpc) is 2.48. The molecule has 0 bridgehead atoms. The number of carbonyl (C=O) groups excluding carboxylic acids is 1. The van der Waals surface area contributed by atoms with Crippen LogP contribution in [0, 0.1) is 11.8 Å². The minimum Gasteiger partial charge on any atom is -0.395 e. The molecular formula is C16H13ClN2O2.